The van der Waals surface area contributed by atoms with Crippen molar-refractivity contribution in [2.75, 3.05) is 18.8 Å². The molecular formula is C24H30F2N2O. The molecule has 0 spiro atoms. The number of nitrogen functional groups attached to an aromatic ring is 1. The topological polar surface area (TPSA) is 38.5 Å². The van der Waals surface area contributed by atoms with Gasteiger partial charge in [-0.3, -0.25) is 4.90 Å². The molecule has 0 radical (unpaired) electrons. The van der Waals surface area contributed by atoms with E-state index in [0.29, 0.717) is 12.0 Å². The summed E-state index contributed by atoms with van der Waals surface area (Å²) in [5, 5.41) is 0. The van der Waals surface area contributed by atoms with Crippen LogP contribution >= 0.6 is 0 Å². The second-order valence-corrected chi connectivity index (χ2v) is 8.92. The third-order valence-electron chi connectivity index (χ3n) is 7.28. The van der Waals surface area contributed by atoms with Gasteiger partial charge >= 0.3 is 0 Å². The van der Waals surface area contributed by atoms with Crippen molar-refractivity contribution in [1.82, 2.24) is 4.90 Å². The maximum atomic E-state index is 13.9. The van der Waals surface area contributed by atoms with Gasteiger partial charge < -0.3 is 10.5 Å². The summed E-state index contributed by atoms with van der Waals surface area (Å²) in [6.45, 7) is 8.35. The van der Waals surface area contributed by atoms with E-state index in [1.807, 2.05) is 13.0 Å². The summed E-state index contributed by atoms with van der Waals surface area (Å²) >= 11 is 0. The van der Waals surface area contributed by atoms with E-state index >= 15 is 0 Å². The van der Waals surface area contributed by atoms with Gasteiger partial charge in [-0.2, -0.15) is 0 Å². The Morgan fingerprint density at radius 2 is 1.90 bits per heavy atom. The minimum atomic E-state index is -0.557. The van der Waals surface area contributed by atoms with Crippen molar-refractivity contribution in [1.29, 1.82) is 0 Å². The van der Waals surface area contributed by atoms with E-state index < -0.39 is 11.6 Å². The van der Waals surface area contributed by atoms with Crippen LogP contribution in [0.25, 0.3) is 0 Å². The van der Waals surface area contributed by atoms with Crippen LogP contribution < -0.4 is 5.73 Å². The Balaban J connectivity index is 1.46. The average Bonchev–Trinajstić information content (AvgIpc) is 2.67. The molecule has 4 atom stereocenters. The van der Waals surface area contributed by atoms with Crippen molar-refractivity contribution >= 4 is 5.69 Å². The van der Waals surface area contributed by atoms with Crippen LogP contribution in [-0.4, -0.2) is 30.1 Å². The molecule has 1 aliphatic heterocycles. The van der Waals surface area contributed by atoms with Crippen LogP contribution in [0.3, 0.4) is 0 Å². The number of halogens is 2. The van der Waals surface area contributed by atoms with Gasteiger partial charge in [0.25, 0.3) is 0 Å². The van der Waals surface area contributed by atoms with Crippen LogP contribution in [0.1, 0.15) is 43.9 Å². The maximum absolute atomic E-state index is 13.9. The molecule has 0 amide bonds. The molecule has 1 aliphatic carbocycles. The molecule has 4 rings (SSSR count). The fourth-order valence-corrected chi connectivity index (χ4v) is 5.28. The number of rotatable bonds is 5. The number of hydrogen-bond acceptors (Lipinski definition) is 3. The molecule has 2 N–H and O–H groups in total. The van der Waals surface area contributed by atoms with Gasteiger partial charge in [0.15, 0.2) is 0 Å². The zero-order valence-electron chi connectivity index (χ0n) is 17.4. The standard InChI is InChI=1S/C24H30F2N2O/c1-15(29-14-18-20(25)7-5-8-21(18)26)13-28-11-10-24(3)16(2)23(28)12-17-19(24)6-4-9-22(17)27/h4-9,15-16,23H,10-14,27H2,1-3H3/t15?,16-,23+,24-/m0/s1. The van der Waals surface area contributed by atoms with Crippen molar-refractivity contribution in [2.45, 2.75) is 57.8 Å². The summed E-state index contributed by atoms with van der Waals surface area (Å²) in [5.74, 6) is -0.611. The Hall–Kier alpha value is -1.98. The van der Waals surface area contributed by atoms with Crippen LogP contribution in [0.4, 0.5) is 14.5 Å². The molecule has 5 heteroatoms. The number of hydrogen-bond donors (Lipinski definition) is 1. The molecule has 2 aromatic carbocycles. The number of piperidine rings is 1. The number of nitrogens with zero attached hydrogens (tertiary/aromatic N) is 1. The largest absolute Gasteiger partial charge is 0.398 e. The maximum Gasteiger partial charge on any atom is 0.131 e. The summed E-state index contributed by atoms with van der Waals surface area (Å²) in [7, 11) is 0. The quantitative estimate of drug-likeness (QED) is 0.741. The molecule has 3 nitrogen and oxygen atoms in total. The zero-order valence-corrected chi connectivity index (χ0v) is 17.4. The van der Waals surface area contributed by atoms with E-state index in [9.17, 15) is 8.78 Å². The highest BCUT2D eigenvalue weighted by Crippen LogP contribution is 2.49. The second kappa shape index (κ2) is 7.69. The minimum absolute atomic E-state index is 0.00157. The third kappa shape index (κ3) is 3.55. The van der Waals surface area contributed by atoms with Crippen LogP contribution in [0.2, 0.25) is 0 Å². The normalized spacial score (nSPS) is 27.5. The Morgan fingerprint density at radius 1 is 1.21 bits per heavy atom. The highest BCUT2D eigenvalue weighted by atomic mass is 19.1. The van der Waals surface area contributed by atoms with E-state index in [1.165, 1.54) is 29.3 Å². The summed E-state index contributed by atoms with van der Waals surface area (Å²) in [4.78, 5) is 2.48. The molecule has 0 aromatic heterocycles. The van der Waals surface area contributed by atoms with Crippen LogP contribution in [0.5, 0.6) is 0 Å². The van der Waals surface area contributed by atoms with E-state index in [-0.39, 0.29) is 23.7 Å². The Labute approximate surface area is 171 Å². The zero-order chi connectivity index (χ0) is 20.8. The summed E-state index contributed by atoms with van der Waals surface area (Å²) in [5.41, 5.74) is 10.0. The van der Waals surface area contributed by atoms with Gasteiger partial charge in [0.2, 0.25) is 0 Å². The number of likely N-dealkylation sites (tertiary alicyclic amines) is 1. The molecule has 2 aromatic rings. The van der Waals surface area contributed by atoms with Gasteiger partial charge in [-0.05, 0) is 67.0 Å². The molecule has 0 saturated carbocycles. The molecule has 1 saturated heterocycles. The van der Waals surface area contributed by atoms with Gasteiger partial charge in [-0.15, -0.1) is 0 Å². The smallest absolute Gasteiger partial charge is 0.131 e. The van der Waals surface area contributed by atoms with Crippen molar-refractivity contribution in [3.63, 3.8) is 0 Å². The summed E-state index contributed by atoms with van der Waals surface area (Å²) in [6.07, 6.45) is 1.88. The molecule has 2 aliphatic rings. The highest BCUT2D eigenvalue weighted by Gasteiger charge is 2.48. The first-order valence-corrected chi connectivity index (χ1v) is 10.5. The van der Waals surface area contributed by atoms with Gasteiger partial charge in [0.05, 0.1) is 12.7 Å². The number of anilines is 1. The molecule has 156 valence electrons. The Morgan fingerprint density at radius 3 is 2.62 bits per heavy atom. The predicted octanol–water partition coefficient (Wildman–Crippen LogP) is 4.68. The first-order valence-electron chi connectivity index (χ1n) is 10.5. The lowest BCUT2D eigenvalue weighted by Crippen LogP contribution is -2.59. The average molecular weight is 401 g/mol. The summed E-state index contributed by atoms with van der Waals surface area (Å²) < 4.78 is 33.6. The fourth-order valence-electron chi connectivity index (χ4n) is 5.28. The predicted molar refractivity (Wildman–Crippen MR) is 112 cm³/mol. The molecule has 29 heavy (non-hydrogen) atoms. The van der Waals surface area contributed by atoms with Crippen LogP contribution in [-0.2, 0) is 23.2 Å². The minimum Gasteiger partial charge on any atom is -0.398 e. The first kappa shape index (κ1) is 20.3. The number of benzene rings is 2. The molecule has 1 heterocycles. The van der Waals surface area contributed by atoms with E-state index in [4.69, 9.17) is 10.5 Å². The number of fused-ring (bicyclic) bond motifs is 4. The van der Waals surface area contributed by atoms with Crippen molar-refractivity contribution in [2.24, 2.45) is 5.92 Å². The second-order valence-electron chi connectivity index (χ2n) is 8.92. The molecule has 1 fully saturated rings. The molecule has 2 bridgehead atoms. The van der Waals surface area contributed by atoms with E-state index in [1.54, 1.807) is 0 Å². The molecular weight excluding hydrogens is 370 g/mol. The van der Waals surface area contributed by atoms with E-state index in [2.05, 4.69) is 30.9 Å². The molecule has 1 unspecified atom stereocenters. The van der Waals surface area contributed by atoms with Crippen molar-refractivity contribution in [3.8, 4) is 0 Å². The third-order valence-corrected chi connectivity index (χ3v) is 7.28. The van der Waals surface area contributed by atoms with Crippen molar-refractivity contribution in [3.05, 3.63) is 64.7 Å². The van der Waals surface area contributed by atoms with Gasteiger partial charge in [-0.1, -0.05) is 32.0 Å². The number of ether oxygens (including phenoxy) is 1. The van der Waals surface area contributed by atoms with E-state index in [0.717, 1.165) is 31.6 Å². The highest BCUT2D eigenvalue weighted by molar-refractivity contribution is 5.55. The fraction of sp³-hybridized carbons (Fsp3) is 0.500. The van der Waals surface area contributed by atoms with Gasteiger partial charge in [0, 0.05) is 23.8 Å². The van der Waals surface area contributed by atoms with Crippen molar-refractivity contribution < 1.29 is 13.5 Å². The van der Waals surface area contributed by atoms with Gasteiger partial charge in [0.1, 0.15) is 11.6 Å². The lowest BCUT2D eigenvalue weighted by atomic mass is 9.59. The lowest BCUT2D eigenvalue weighted by Gasteiger charge is -2.55. The Kier molecular flexibility index (Phi) is 5.38. The number of nitrogens with two attached hydrogens (primary N) is 1. The Bertz CT molecular complexity index is 882. The first-order chi connectivity index (χ1) is 13.8. The summed E-state index contributed by atoms with van der Waals surface area (Å²) in [6, 6.07) is 10.6. The SMILES string of the molecule is CC(CN1CC[C@]2(C)c3cccc(N)c3C[C@@H]1[C@@H]2C)OCc1c(F)cccc1F. The van der Waals surface area contributed by atoms with Gasteiger partial charge in [-0.25, -0.2) is 8.78 Å². The van der Waals surface area contributed by atoms with Crippen LogP contribution in [0.15, 0.2) is 36.4 Å². The monoisotopic (exact) mass is 400 g/mol. The lowest BCUT2D eigenvalue weighted by molar-refractivity contribution is -0.0253. The van der Waals surface area contributed by atoms with Crippen LogP contribution in [0, 0.1) is 17.6 Å².